The molecule has 55 heavy (non-hydrogen) atoms. The normalized spacial score (nSPS) is 13.4. The van der Waals surface area contributed by atoms with Crippen LogP contribution in [0.1, 0.15) is 25.0 Å². The molecule has 10 aromatic rings. The van der Waals surface area contributed by atoms with Gasteiger partial charge in [0.25, 0.3) is 0 Å². The van der Waals surface area contributed by atoms with Crippen LogP contribution < -0.4 is 9.80 Å². The molecular formula is C51H36N2O2. The highest BCUT2D eigenvalue weighted by molar-refractivity contribution is 6.14. The van der Waals surface area contributed by atoms with Crippen LogP contribution >= 0.6 is 0 Å². The monoisotopic (exact) mass is 708 g/mol. The van der Waals surface area contributed by atoms with Gasteiger partial charge in [0.05, 0.1) is 22.4 Å². The predicted octanol–water partition coefficient (Wildman–Crippen LogP) is 14.7. The molecule has 0 saturated carbocycles. The predicted molar refractivity (Wildman–Crippen MR) is 228 cm³/mol. The second-order valence-corrected chi connectivity index (χ2v) is 14.9. The number of anilines is 6. The summed E-state index contributed by atoms with van der Waals surface area (Å²) in [5.74, 6) is 0. The first kappa shape index (κ1) is 31.5. The Morgan fingerprint density at radius 3 is 1.78 bits per heavy atom. The van der Waals surface area contributed by atoms with E-state index in [2.05, 4.69) is 187 Å². The van der Waals surface area contributed by atoms with Gasteiger partial charge in [-0.25, -0.2) is 0 Å². The van der Waals surface area contributed by atoms with Crippen LogP contribution in [0.4, 0.5) is 34.1 Å². The van der Waals surface area contributed by atoms with Crippen LogP contribution in [-0.2, 0) is 5.41 Å². The third-order valence-electron chi connectivity index (χ3n) is 11.4. The van der Waals surface area contributed by atoms with Crippen LogP contribution in [0.3, 0.4) is 0 Å². The fourth-order valence-corrected chi connectivity index (χ4v) is 8.84. The van der Waals surface area contributed by atoms with Gasteiger partial charge in [-0.05, 0) is 89.5 Å². The van der Waals surface area contributed by atoms with Crippen molar-refractivity contribution in [3.8, 4) is 11.1 Å². The molecule has 8 aromatic carbocycles. The molecule has 262 valence electrons. The maximum absolute atomic E-state index is 6.71. The average Bonchev–Trinajstić information content (AvgIpc) is 3.81. The van der Waals surface area contributed by atoms with Crippen LogP contribution in [0.15, 0.2) is 191 Å². The van der Waals surface area contributed by atoms with E-state index in [0.29, 0.717) is 0 Å². The van der Waals surface area contributed by atoms with E-state index in [4.69, 9.17) is 8.83 Å². The van der Waals surface area contributed by atoms with Gasteiger partial charge in [0, 0.05) is 44.2 Å². The summed E-state index contributed by atoms with van der Waals surface area (Å²) >= 11 is 0. The maximum Gasteiger partial charge on any atom is 0.143 e. The number of para-hydroxylation sites is 5. The van der Waals surface area contributed by atoms with E-state index in [1.165, 1.54) is 22.5 Å². The van der Waals surface area contributed by atoms with Gasteiger partial charge in [0.15, 0.2) is 0 Å². The van der Waals surface area contributed by atoms with E-state index in [1.54, 1.807) is 0 Å². The standard InChI is InChI=1S/C51H36N2O2/c1-51(2)41-19-8-10-21-43(41)53(44-22-11-9-20-42(44)51)36-31-39(50-40(32-36)37-17-6-12-24-46(37)55-50)33-27-29-35(30-28-33)52(34-15-4-3-5-16-34)45-23-14-26-48-49(45)38-18-7-13-25-47(38)54-48/h3-32H,1-2H3. The highest BCUT2D eigenvalue weighted by Gasteiger charge is 2.37. The van der Waals surface area contributed by atoms with E-state index < -0.39 is 0 Å². The van der Waals surface area contributed by atoms with Gasteiger partial charge in [-0.2, -0.15) is 0 Å². The summed E-state index contributed by atoms with van der Waals surface area (Å²) in [5, 5.41) is 4.38. The molecule has 0 spiro atoms. The minimum Gasteiger partial charge on any atom is -0.456 e. The lowest BCUT2D eigenvalue weighted by molar-refractivity contribution is 0.632. The third kappa shape index (κ3) is 4.78. The first-order chi connectivity index (χ1) is 27.0. The van der Waals surface area contributed by atoms with Crippen molar-refractivity contribution < 1.29 is 8.83 Å². The van der Waals surface area contributed by atoms with E-state index >= 15 is 0 Å². The Hall–Kier alpha value is -7.04. The molecule has 0 unspecified atom stereocenters. The van der Waals surface area contributed by atoms with Gasteiger partial charge in [0.1, 0.15) is 22.3 Å². The smallest absolute Gasteiger partial charge is 0.143 e. The molecule has 0 N–H and O–H groups in total. The number of benzene rings is 8. The Bertz CT molecular complexity index is 3030. The van der Waals surface area contributed by atoms with Gasteiger partial charge in [-0.3, -0.25) is 0 Å². The summed E-state index contributed by atoms with van der Waals surface area (Å²) < 4.78 is 13.0. The third-order valence-corrected chi connectivity index (χ3v) is 11.4. The maximum atomic E-state index is 6.71. The molecule has 1 aliphatic heterocycles. The summed E-state index contributed by atoms with van der Waals surface area (Å²) in [6.07, 6.45) is 0. The number of fused-ring (bicyclic) bond motifs is 8. The van der Waals surface area contributed by atoms with Crippen molar-refractivity contribution in [3.05, 3.63) is 193 Å². The Kier molecular flexibility index (Phi) is 6.86. The molecule has 0 aliphatic carbocycles. The summed E-state index contributed by atoms with van der Waals surface area (Å²) in [6, 6.07) is 64.7. The fraction of sp³-hybridized carbons (Fsp3) is 0.0588. The highest BCUT2D eigenvalue weighted by Crippen LogP contribution is 2.53. The molecule has 11 rings (SSSR count). The van der Waals surface area contributed by atoms with Gasteiger partial charge < -0.3 is 18.6 Å². The molecule has 2 aromatic heterocycles. The molecule has 0 bridgehead atoms. The zero-order chi connectivity index (χ0) is 36.7. The van der Waals surface area contributed by atoms with Crippen molar-refractivity contribution in [3.63, 3.8) is 0 Å². The molecule has 4 nitrogen and oxygen atoms in total. The SMILES string of the molecule is CC1(C)c2ccccc2N(c2cc(-c3ccc(N(c4ccccc4)c4cccc5oc6ccccc6c45)cc3)c3oc4ccccc4c3c2)c2ccccc21. The van der Waals surface area contributed by atoms with Gasteiger partial charge in [-0.15, -0.1) is 0 Å². The zero-order valence-corrected chi connectivity index (χ0v) is 30.5. The summed E-state index contributed by atoms with van der Waals surface area (Å²) in [7, 11) is 0. The molecular weight excluding hydrogens is 673 g/mol. The summed E-state index contributed by atoms with van der Waals surface area (Å²) in [4.78, 5) is 4.76. The second-order valence-electron chi connectivity index (χ2n) is 14.9. The Balaban J connectivity index is 1.11. The second kappa shape index (κ2) is 12.0. The Morgan fingerprint density at radius 1 is 0.473 bits per heavy atom. The van der Waals surface area contributed by atoms with Gasteiger partial charge >= 0.3 is 0 Å². The Morgan fingerprint density at radius 2 is 1.05 bits per heavy atom. The molecule has 0 amide bonds. The van der Waals surface area contributed by atoms with E-state index in [-0.39, 0.29) is 5.41 Å². The lowest BCUT2D eigenvalue weighted by Gasteiger charge is -2.42. The largest absolute Gasteiger partial charge is 0.456 e. The van der Waals surface area contributed by atoms with E-state index in [9.17, 15) is 0 Å². The van der Waals surface area contributed by atoms with Crippen molar-refractivity contribution >= 4 is 78.0 Å². The first-order valence-corrected chi connectivity index (χ1v) is 18.8. The van der Waals surface area contributed by atoms with Crippen LogP contribution in [-0.4, -0.2) is 0 Å². The molecule has 0 atom stereocenters. The number of hydrogen-bond acceptors (Lipinski definition) is 4. The van der Waals surface area contributed by atoms with Crippen LogP contribution in [0.25, 0.3) is 55.0 Å². The van der Waals surface area contributed by atoms with Crippen LogP contribution in [0, 0.1) is 0 Å². The van der Waals surface area contributed by atoms with Crippen molar-refractivity contribution in [2.45, 2.75) is 19.3 Å². The Labute approximate surface area is 319 Å². The van der Waals surface area contributed by atoms with Crippen molar-refractivity contribution in [1.29, 1.82) is 0 Å². The lowest BCUT2D eigenvalue weighted by atomic mass is 9.73. The molecule has 4 heteroatoms. The molecule has 0 saturated heterocycles. The lowest BCUT2D eigenvalue weighted by Crippen LogP contribution is -2.30. The van der Waals surface area contributed by atoms with Gasteiger partial charge in [-0.1, -0.05) is 123 Å². The van der Waals surface area contributed by atoms with Crippen LogP contribution in [0.5, 0.6) is 0 Å². The number of nitrogens with zero attached hydrogens (tertiary/aromatic N) is 2. The van der Waals surface area contributed by atoms with E-state index in [1.807, 2.05) is 18.2 Å². The molecule has 3 heterocycles. The number of rotatable bonds is 5. The minimum atomic E-state index is -0.146. The quantitative estimate of drug-likeness (QED) is 0.178. The first-order valence-electron chi connectivity index (χ1n) is 18.8. The molecule has 0 fully saturated rings. The summed E-state index contributed by atoms with van der Waals surface area (Å²) in [5.41, 5.74) is 14.8. The van der Waals surface area contributed by atoms with Crippen LogP contribution in [0.2, 0.25) is 0 Å². The minimum absolute atomic E-state index is 0.146. The molecule has 0 radical (unpaired) electrons. The highest BCUT2D eigenvalue weighted by atomic mass is 16.3. The van der Waals surface area contributed by atoms with Crippen molar-refractivity contribution in [2.24, 2.45) is 0 Å². The average molecular weight is 709 g/mol. The number of furan rings is 2. The zero-order valence-electron chi connectivity index (χ0n) is 30.5. The topological polar surface area (TPSA) is 32.8 Å². The van der Waals surface area contributed by atoms with E-state index in [0.717, 1.165) is 77.8 Å². The van der Waals surface area contributed by atoms with Crippen molar-refractivity contribution in [1.82, 2.24) is 0 Å². The van der Waals surface area contributed by atoms with Gasteiger partial charge in [0.2, 0.25) is 0 Å². The number of hydrogen-bond donors (Lipinski definition) is 0. The summed E-state index contributed by atoms with van der Waals surface area (Å²) in [6.45, 7) is 4.66. The van der Waals surface area contributed by atoms with Crippen molar-refractivity contribution in [2.75, 3.05) is 9.80 Å². The molecule has 1 aliphatic rings. The fourth-order valence-electron chi connectivity index (χ4n) is 8.84.